The van der Waals surface area contributed by atoms with Crippen molar-refractivity contribution in [2.75, 3.05) is 0 Å². The predicted octanol–water partition coefficient (Wildman–Crippen LogP) is 2.64. The monoisotopic (exact) mass is 172 g/mol. The van der Waals surface area contributed by atoms with Gasteiger partial charge in [-0.05, 0) is 18.1 Å². The van der Waals surface area contributed by atoms with Gasteiger partial charge in [-0.1, -0.05) is 20.3 Å². The molecule has 0 radical (unpaired) electrons. The average Bonchev–Trinajstić information content (AvgIpc) is 1.93. The van der Waals surface area contributed by atoms with Crippen molar-refractivity contribution in [1.82, 2.24) is 0 Å². The first-order valence-electron chi connectivity index (χ1n) is 4.38. The fourth-order valence-electron chi connectivity index (χ4n) is 1.42. The molecule has 0 N–H and O–H groups in total. The van der Waals surface area contributed by atoms with E-state index in [-0.39, 0.29) is 0 Å². The van der Waals surface area contributed by atoms with Crippen LogP contribution in [0.15, 0.2) is 0 Å². The summed E-state index contributed by atoms with van der Waals surface area (Å²) < 4.78 is 0. The van der Waals surface area contributed by atoms with Gasteiger partial charge in [0.1, 0.15) is 5.78 Å². The maximum Gasteiger partial charge on any atom is 0.145 e. The number of ketones is 1. The van der Waals surface area contributed by atoms with Gasteiger partial charge in [-0.3, -0.25) is 4.79 Å². The quantitative estimate of drug-likeness (QED) is 0.637. The van der Waals surface area contributed by atoms with Gasteiger partial charge in [-0.15, -0.1) is 11.8 Å². The Bertz CT molecular complexity index is 142. The topological polar surface area (TPSA) is 17.1 Å². The summed E-state index contributed by atoms with van der Waals surface area (Å²) in [6.07, 6.45) is 4.30. The Balaban J connectivity index is 2.36. The van der Waals surface area contributed by atoms with Crippen molar-refractivity contribution in [2.24, 2.45) is 0 Å². The zero-order valence-electron chi connectivity index (χ0n) is 7.30. The first kappa shape index (κ1) is 9.11. The molecule has 1 nitrogen and oxygen atoms in total. The fraction of sp³-hybridized carbons (Fsp3) is 0.889. The average molecular weight is 172 g/mol. The van der Waals surface area contributed by atoms with Crippen LogP contribution in [-0.2, 0) is 4.79 Å². The molecule has 1 unspecified atom stereocenters. The Morgan fingerprint density at radius 2 is 2.18 bits per heavy atom. The maximum absolute atomic E-state index is 11.3. The summed E-state index contributed by atoms with van der Waals surface area (Å²) in [6, 6.07) is 0. The lowest BCUT2D eigenvalue weighted by atomic mass is 9.99. The lowest BCUT2D eigenvalue weighted by Gasteiger charge is -2.21. The molecular weight excluding hydrogens is 156 g/mol. The number of thioether (sulfide) groups is 1. The molecule has 0 amide bonds. The van der Waals surface area contributed by atoms with Gasteiger partial charge >= 0.3 is 0 Å². The third-order valence-corrected chi connectivity index (χ3v) is 3.31. The van der Waals surface area contributed by atoms with Crippen molar-refractivity contribution in [3.8, 4) is 0 Å². The van der Waals surface area contributed by atoms with Crippen molar-refractivity contribution in [3.63, 3.8) is 0 Å². The summed E-state index contributed by atoms with van der Waals surface area (Å²) in [4.78, 5) is 11.3. The number of carbonyl (C=O) groups excluding carboxylic acids is 1. The van der Waals surface area contributed by atoms with E-state index in [0.29, 0.717) is 16.3 Å². The molecule has 1 fully saturated rings. The molecule has 0 heterocycles. The summed E-state index contributed by atoms with van der Waals surface area (Å²) in [5.41, 5.74) is 0. The van der Waals surface area contributed by atoms with Gasteiger partial charge in [0, 0.05) is 6.42 Å². The van der Waals surface area contributed by atoms with Crippen LogP contribution in [0.5, 0.6) is 0 Å². The lowest BCUT2D eigenvalue weighted by molar-refractivity contribution is -0.119. The van der Waals surface area contributed by atoms with Gasteiger partial charge < -0.3 is 0 Å². The first-order chi connectivity index (χ1) is 5.20. The predicted molar refractivity (Wildman–Crippen MR) is 50.0 cm³/mol. The molecule has 0 bridgehead atoms. The van der Waals surface area contributed by atoms with E-state index in [0.717, 1.165) is 19.3 Å². The van der Waals surface area contributed by atoms with Gasteiger partial charge in [-0.25, -0.2) is 0 Å². The van der Waals surface area contributed by atoms with Crippen LogP contribution in [0.4, 0.5) is 0 Å². The van der Waals surface area contributed by atoms with Crippen LogP contribution in [0.1, 0.15) is 39.5 Å². The summed E-state index contributed by atoms with van der Waals surface area (Å²) in [7, 11) is 0. The molecule has 1 atom stereocenters. The SMILES string of the molecule is CC(C)SC1CCCCC1=O. The normalized spacial score (nSPS) is 26.1. The van der Waals surface area contributed by atoms with E-state index in [9.17, 15) is 4.79 Å². The van der Waals surface area contributed by atoms with E-state index in [2.05, 4.69) is 13.8 Å². The van der Waals surface area contributed by atoms with Crippen LogP contribution in [-0.4, -0.2) is 16.3 Å². The highest BCUT2D eigenvalue weighted by Crippen LogP contribution is 2.28. The zero-order chi connectivity index (χ0) is 8.27. The molecule has 1 saturated carbocycles. The van der Waals surface area contributed by atoms with Crippen molar-refractivity contribution in [3.05, 3.63) is 0 Å². The highest BCUT2D eigenvalue weighted by atomic mass is 32.2. The lowest BCUT2D eigenvalue weighted by Crippen LogP contribution is -2.22. The molecule has 0 saturated heterocycles. The van der Waals surface area contributed by atoms with Gasteiger partial charge in [-0.2, -0.15) is 0 Å². The Kier molecular flexibility index (Phi) is 3.44. The van der Waals surface area contributed by atoms with Crippen LogP contribution in [0, 0.1) is 0 Å². The first-order valence-corrected chi connectivity index (χ1v) is 5.32. The molecule has 2 heteroatoms. The number of carbonyl (C=O) groups is 1. The Morgan fingerprint density at radius 1 is 1.45 bits per heavy atom. The molecule has 0 aliphatic heterocycles. The second-order valence-corrected chi connectivity index (χ2v) is 5.17. The van der Waals surface area contributed by atoms with Crippen molar-refractivity contribution in [2.45, 2.75) is 50.0 Å². The van der Waals surface area contributed by atoms with Gasteiger partial charge in [0.2, 0.25) is 0 Å². The van der Waals surface area contributed by atoms with Gasteiger partial charge in [0.15, 0.2) is 0 Å². The third-order valence-electron chi connectivity index (χ3n) is 1.94. The maximum atomic E-state index is 11.3. The van der Waals surface area contributed by atoms with Crippen molar-refractivity contribution in [1.29, 1.82) is 0 Å². The van der Waals surface area contributed by atoms with E-state index < -0.39 is 0 Å². The Labute approximate surface area is 72.9 Å². The van der Waals surface area contributed by atoms with Crippen LogP contribution < -0.4 is 0 Å². The summed E-state index contributed by atoms with van der Waals surface area (Å²) in [6.45, 7) is 4.32. The molecule has 1 rings (SSSR count). The second kappa shape index (κ2) is 4.15. The molecule has 1 aliphatic rings. The molecule has 64 valence electrons. The van der Waals surface area contributed by atoms with Crippen LogP contribution >= 0.6 is 11.8 Å². The van der Waals surface area contributed by atoms with Crippen molar-refractivity contribution >= 4 is 17.5 Å². The highest BCUT2D eigenvalue weighted by Gasteiger charge is 2.22. The van der Waals surface area contributed by atoms with E-state index in [1.54, 1.807) is 0 Å². The summed E-state index contributed by atoms with van der Waals surface area (Å²) in [5.74, 6) is 0.481. The third kappa shape index (κ3) is 2.86. The number of hydrogen-bond donors (Lipinski definition) is 0. The second-order valence-electron chi connectivity index (χ2n) is 3.39. The minimum atomic E-state index is 0.323. The molecule has 1 aliphatic carbocycles. The Morgan fingerprint density at radius 3 is 2.73 bits per heavy atom. The highest BCUT2D eigenvalue weighted by molar-refractivity contribution is 8.01. The number of Topliss-reactive ketones (excluding diaryl/α,β-unsaturated/α-hetero) is 1. The van der Waals surface area contributed by atoms with Crippen LogP contribution in [0.3, 0.4) is 0 Å². The summed E-state index contributed by atoms with van der Waals surface area (Å²) in [5, 5.41) is 0.922. The largest absolute Gasteiger partial charge is 0.298 e. The number of rotatable bonds is 2. The van der Waals surface area contributed by atoms with Gasteiger partial charge in [0.25, 0.3) is 0 Å². The van der Waals surface area contributed by atoms with Gasteiger partial charge in [0.05, 0.1) is 5.25 Å². The Hall–Kier alpha value is 0.0200. The van der Waals surface area contributed by atoms with E-state index in [1.807, 2.05) is 11.8 Å². The minimum Gasteiger partial charge on any atom is -0.298 e. The molecular formula is C9H16OS. The van der Waals surface area contributed by atoms with E-state index in [1.165, 1.54) is 6.42 Å². The van der Waals surface area contributed by atoms with Crippen LogP contribution in [0.2, 0.25) is 0 Å². The number of hydrogen-bond acceptors (Lipinski definition) is 2. The molecule has 0 aromatic heterocycles. The minimum absolute atomic E-state index is 0.323. The van der Waals surface area contributed by atoms with E-state index >= 15 is 0 Å². The molecule has 0 aromatic carbocycles. The molecule has 0 aromatic rings. The molecule has 11 heavy (non-hydrogen) atoms. The van der Waals surface area contributed by atoms with Crippen LogP contribution in [0.25, 0.3) is 0 Å². The fourth-order valence-corrected chi connectivity index (χ4v) is 2.65. The zero-order valence-corrected chi connectivity index (χ0v) is 8.12. The standard InChI is InChI=1S/C9H16OS/c1-7(2)11-9-6-4-3-5-8(9)10/h7,9H,3-6H2,1-2H3. The van der Waals surface area contributed by atoms with Crippen molar-refractivity contribution < 1.29 is 4.79 Å². The molecule has 0 spiro atoms. The smallest absolute Gasteiger partial charge is 0.145 e. The van der Waals surface area contributed by atoms with E-state index in [4.69, 9.17) is 0 Å². The summed E-state index contributed by atoms with van der Waals surface area (Å²) >= 11 is 1.83.